The molecule has 2 atom stereocenters. The number of amides is 2. The molecule has 2 aromatic heterocycles. The molecule has 2 aromatic rings. The lowest BCUT2D eigenvalue weighted by Crippen LogP contribution is -2.70. The molecule has 2 unspecified atom stereocenters. The predicted molar refractivity (Wildman–Crippen MR) is 119 cm³/mol. The average molecular weight is 517 g/mol. The van der Waals surface area contributed by atoms with E-state index in [1.807, 2.05) is 0 Å². The first-order chi connectivity index (χ1) is 14.8. The summed E-state index contributed by atoms with van der Waals surface area (Å²) in [6, 6.07) is -0.834. The second kappa shape index (κ2) is 9.20. The molecule has 31 heavy (non-hydrogen) atoms. The number of β-lactam (4-membered cyclic amide) rings is 1. The first kappa shape index (κ1) is 22.1. The number of fused-ring (bicyclic) bond motifs is 1. The van der Waals surface area contributed by atoms with Gasteiger partial charge in [-0.05, 0) is 17.1 Å². The van der Waals surface area contributed by atoms with Gasteiger partial charge in [0.05, 0.1) is 6.42 Å². The maximum absolute atomic E-state index is 12.6. The quantitative estimate of drug-likeness (QED) is 0.508. The number of nitrogens with zero attached hydrogens (tertiary/aromatic N) is 3. The standard InChI is InChI=1S/C16H12N4O6S5/c21-9(1-7-4-29-16(26)31-7)17-10-12(22)20-11(14(23)24)6(2-27-13(10)20)3-28-15(25)8-5-30-19-18-8/h4-5,10,13H,1-3H2,(H,17,21)(H,23,24). The Kier molecular flexibility index (Phi) is 6.57. The third-order valence-corrected chi connectivity index (χ3v) is 9.13. The highest BCUT2D eigenvalue weighted by Crippen LogP contribution is 2.41. The number of carbonyl (C=O) groups excluding carboxylic acids is 3. The van der Waals surface area contributed by atoms with Crippen LogP contribution in [-0.2, 0) is 20.8 Å². The van der Waals surface area contributed by atoms with Crippen LogP contribution in [0.25, 0.3) is 0 Å². The van der Waals surface area contributed by atoms with Crippen LogP contribution in [0.1, 0.15) is 15.4 Å². The number of carboxylic acid groups (broad SMARTS) is 1. The van der Waals surface area contributed by atoms with Crippen LogP contribution in [0.5, 0.6) is 0 Å². The van der Waals surface area contributed by atoms with Gasteiger partial charge in [-0.15, -0.1) is 16.9 Å². The lowest BCUT2D eigenvalue weighted by atomic mass is 10.0. The SMILES string of the molecule is O=C(Cc1csc(=O)s1)NC1C(=O)N2C(C(=O)O)=C(CSC(=O)c3csnn3)CSC12. The zero-order valence-electron chi connectivity index (χ0n) is 15.3. The topological polar surface area (TPSA) is 147 Å². The van der Waals surface area contributed by atoms with Crippen LogP contribution in [0.3, 0.4) is 0 Å². The molecule has 2 amide bonds. The fourth-order valence-electron chi connectivity index (χ4n) is 3.00. The van der Waals surface area contributed by atoms with Crippen molar-refractivity contribution in [3.8, 4) is 0 Å². The number of aliphatic carboxylic acids is 1. The number of rotatable bonds is 7. The van der Waals surface area contributed by atoms with Gasteiger partial charge in [0.1, 0.15) is 17.1 Å². The third-order valence-electron chi connectivity index (χ3n) is 4.35. The molecule has 162 valence electrons. The Hall–Kier alpha value is -2.07. The molecule has 10 nitrogen and oxygen atoms in total. The number of thioether (sulfide) groups is 2. The van der Waals surface area contributed by atoms with Crippen molar-refractivity contribution in [2.24, 2.45) is 0 Å². The molecule has 1 fully saturated rings. The average Bonchev–Trinajstić information content (AvgIpc) is 3.41. The minimum Gasteiger partial charge on any atom is -0.477 e. The van der Waals surface area contributed by atoms with Gasteiger partial charge >= 0.3 is 5.97 Å². The van der Waals surface area contributed by atoms with Crippen LogP contribution < -0.4 is 9.37 Å². The highest BCUT2D eigenvalue weighted by atomic mass is 32.2. The van der Waals surface area contributed by atoms with E-state index >= 15 is 0 Å². The van der Waals surface area contributed by atoms with Crippen molar-refractivity contribution in [3.63, 3.8) is 0 Å². The highest BCUT2D eigenvalue weighted by Gasteiger charge is 2.54. The summed E-state index contributed by atoms with van der Waals surface area (Å²) >= 11 is 5.27. The van der Waals surface area contributed by atoms with Gasteiger partial charge in [0, 0.05) is 27.1 Å². The van der Waals surface area contributed by atoms with Crippen molar-refractivity contribution < 1.29 is 24.3 Å². The minimum atomic E-state index is -1.26. The summed E-state index contributed by atoms with van der Waals surface area (Å²) in [6.45, 7) is 0. The van der Waals surface area contributed by atoms with Gasteiger partial charge in [-0.25, -0.2) is 4.79 Å². The van der Waals surface area contributed by atoms with Crippen LogP contribution in [0.2, 0.25) is 0 Å². The zero-order chi connectivity index (χ0) is 22.1. The Morgan fingerprint density at radius 2 is 2.10 bits per heavy atom. The Bertz CT molecular complexity index is 1140. The molecule has 4 rings (SSSR count). The van der Waals surface area contributed by atoms with E-state index in [9.17, 15) is 29.1 Å². The molecular formula is C16H12N4O6S5. The minimum absolute atomic E-state index is 0.0122. The summed E-state index contributed by atoms with van der Waals surface area (Å²) in [5.41, 5.74) is 0.510. The molecule has 2 aliphatic rings. The summed E-state index contributed by atoms with van der Waals surface area (Å²) in [5, 5.41) is 18.3. The number of carboxylic acids is 1. The van der Waals surface area contributed by atoms with E-state index in [0.717, 1.165) is 50.9 Å². The van der Waals surface area contributed by atoms with Crippen molar-refractivity contribution in [1.29, 1.82) is 0 Å². The van der Waals surface area contributed by atoms with Crippen LogP contribution in [0.15, 0.2) is 26.8 Å². The molecule has 0 saturated carbocycles. The summed E-state index contributed by atoms with van der Waals surface area (Å²) in [4.78, 5) is 61.9. The summed E-state index contributed by atoms with van der Waals surface area (Å²) in [5.74, 6) is -1.76. The third kappa shape index (κ3) is 4.59. The van der Waals surface area contributed by atoms with Crippen molar-refractivity contribution >= 4 is 80.6 Å². The molecule has 0 bridgehead atoms. The van der Waals surface area contributed by atoms with E-state index in [2.05, 4.69) is 14.9 Å². The van der Waals surface area contributed by atoms with Gasteiger partial charge in [0.25, 0.3) is 9.96 Å². The Morgan fingerprint density at radius 3 is 2.74 bits per heavy atom. The van der Waals surface area contributed by atoms with Gasteiger partial charge < -0.3 is 10.4 Å². The van der Waals surface area contributed by atoms with Crippen molar-refractivity contribution in [1.82, 2.24) is 19.8 Å². The van der Waals surface area contributed by atoms with E-state index < -0.39 is 29.2 Å². The Balaban J connectivity index is 1.42. The fourth-order valence-corrected chi connectivity index (χ4v) is 7.50. The Morgan fingerprint density at radius 1 is 1.29 bits per heavy atom. The monoisotopic (exact) mass is 516 g/mol. The molecule has 0 aromatic carbocycles. The molecule has 15 heteroatoms. The van der Waals surface area contributed by atoms with Crippen LogP contribution >= 0.6 is 57.7 Å². The van der Waals surface area contributed by atoms with Gasteiger partial charge in [-0.1, -0.05) is 38.9 Å². The van der Waals surface area contributed by atoms with Crippen LogP contribution in [-0.4, -0.2) is 65.4 Å². The number of hydrogen-bond acceptors (Lipinski definition) is 12. The highest BCUT2D eigenvalue weighted by molar-refractivity contribution is 8.14. The predicted octanol–water partition coefficient (Wildman–Crippen LogP) is 0.876. The van der Waals surface area contributed by atoms with Crippen molar-refractivity contribution in [2.75, 3.05) is 11.5 Å². The second-order valence-electron chi connectivity index (χ2n) is 6.31. The Labute approximate surface area is 194 Å². The maximum atomic E-state index is 12.6. The number of carbonyl (C=O) groups is 4. The number of aromatic nitrogens is 2. The molecule has 2 aliphatic heterocycles. The van der Waals surface area contributed by atoms with Gasteiger partial charge in [0.2, 0.25) is 11.0 Å². The molecule has 0 radical (unpaired) electrons. The molecule has 1 saturated heterocycles. The summed E-state index contributed by atoms with van der Waals surface area (Å²) in [6.07, 6.45) is -0.0122. The number of hydrogen-bond donors (Lipinski definition) is 2. The summed E-state index contributed by atoms with van der Waals surface area (Å²) < 4.78 is 3.52. The lowest BCUT2D eigenvalue weighted by Gasteiger charge is -2.49. The fraction of sp³-hybridized carbons (Fsp3) is 0.312. The van der Waals surface area contributed by atoms with Crippen molar-refractivity contribution in [2.45, 2.75) is 17.8 Å². The molecule has 4 heterocycles. The normalized spacial score (nSPS) is 20.3. The van der Waals surface area contributed by atoms with Crippen LogP contribution in [0, 0.1) is 0 Å². The summed E-state index contributed by atoms with van der Waals surface area (Å²) in [7, 11) is 0. The smallest absolute Gasteiger partial charge is 0.352 e. The van der Waals surface area contributed by atoms with E-state index in [4.69, 9.17) is 0 Å². The van der Waals surface area contributed by atoms with Gasteiger partial charge in [-0.3, -0.25) is 24.1 Å². The van der Waals surface area contributed by atoms with Gasteiger partial charge in [-0.2, -0.15) is 0 Å². The second-order valence-corrected chi connectivity index (χ2v) is 11.2. The first-order valence-corrected chi connectivity index (χ1v) is 13.1. The van der Waals surface area contributed by atoms with E-state index in [1.54, 1.807) is 5.38 Å². The molecular weight excluding hydrogens is 505 g/mol. The molecule has 0 spiro atoms. The molecule has 2 N–H and O–H groups in total. The van der Waals surface area contributed by atoms with Gasteiger partial charge in [0.15, 0.2) is 5.69 Å². The largest absolute Gasteiger partial charge is 0.477 e. The molecule has 0 aliphatic carbocycles. The van der Waals surface area contributed by atoms with Crippen LogP contribution in [0.4, 0.5) is 0 Å². The first-order valence-electron chi connectivity index (χ1n) is 8.56. The maximum Gasteiger partial charge on any atom is 0.352 e. The lowest BCUT2D eigenvalue weighted by molar-refractivity contribution is -0.150. The number of nitrogens with one attached hydrogen (secondary N) is 1. The zero-order valence-corrected chi connectivity index (χ0v) is 19.4. The van der Waals surface area contributed by atoms with Crippen molar-refractivity contribution in [3.05, 3.63) is 41.5 Å². The van der Waals surface area contributed by atoms with E-state index in [0.29, 0.717) is 16.2 Å². The van der Waals surface area contributed by atoms with E-state index in [-0.39, 0.29) is 32.7 Å². The van der Waals surface area contributed by atoms with E-state index in [1.165, 1.54) is 17.1 Å².